The van der Waals surface area contributed by atoms with Crippen molar-refractivity contribution in [3.05, 3.63) is 0 Å². The number of hydrogen-bond acceptors (Lipinski definition) is 4. The summed E-state index contributed by atoms with van der Waals surface area (Å²) in [5.74, 6) is -0.150. The van der Waals surface area contributed by atoms with Crippen molar-refractivity contribution in [1.29, 1.82) is 0 Å². The van der Waals surface area contributed by atoms with Crippen molar-refractivity contribution >= 4 is 5.97 Å². The largest absolute Gasteiger partial charge is 0.465 e. The molecule has 0 radical (unpaired) electrons. The van der Waals surface area contributed by atoms with Gasteiger partial charge in [0.15, 0.2) is 0 Å². The van der Waals surface area contributed by atoms with Crippen LogP contribution in [0.4, 0.5) is 0 Å². The van der Waals surface area contributed by atoms with Crippen LogP contribution in [0.25, 0.3) is 0 Å². The van der Waals surface area contributed by atoms with Gasteiger partial charge in [-0.3, -0.25) is 4.79 Å². The van der Waals surface area contributed by atoms with E-state index in [-0.39, 0.29) is 12.0 Å². The molecule has 1 fully saturated rings. The molecule has 1 unspecified atom stereocenters. The normalized spacial score (nSPS) is 18.2. The smallest absolute Gasteiger partial charge is 0.323 e. The van der Waals surface area contributed by atoms with Crippen molar-refractivity contribution in [3.63, 3.8) is 0 Å². The molecule has 0 aromatic rings. The molecule has 0 spiro atoms. The highest BCUT2D eigenvalue weighted by molar-refractivity contribution is 5.75. The third kappa shape index (κ3) is 6.92. The second-order valence-corrected chi connectivity index (χ2v) is 5.18. The van der Waals surface area contributed by atoms with Crippen molar-refractivity contribution in [2.45, 2.75) is 70.9 Å². The van der Waals surface area contributed by atoms with Gasteiger partial charge in [-0.15, -0.1) is 0 Å². The summed E-state index contributed by atoms with van der Waals surface area (Å²) in [5, 5.41) is 3.24. The molecule has 1 saturated carbocycles. The van der Waals surface area contributed by atoms with Crippen LogP contribution < -0.4 is 5.32 Å². The Morgan fingerprint density at radius 2 is 2.00 bits per heavy atom. The van der Waals surface area contributed by atoms with E-state index in [1.807, 2.05) is 6.92 Å². The molecule has 4 nitrogen and oxygen atoms in total. The lowest BCUT2D eigenvalue weighted by Crippen LogP contribution is -2.39. The monoisotopic (exact) mass is 271 g/mol. The molecule has 0 amide bonds. The number of nitrogens with one attached hydrogen (secondary N) is 1. The lowest BCUT2D eigenvalue weighted by molar-refractivity contribution is -0.146. The Labute approximate surface area is 117 Å². The topological polar surface area (TPSA) is 47.6 Å². The molecular weight excluding hydrogens is 242 g/mol. The average Bonchev–Trinajstić information content (AvgIpc) is 2.44. The van der Waals surface area contributed by atoms with Crippen LogP contribution in [0.15, 0.2) is 0 Å². The minimum absolute atomic E-state index is 0.150. The molecule has 112 valence electrons. The lowest BCUT2D eigenvalue weighted by atomic mass is 9.98. The summed E-state index contributed by atoms with van der Waals surface area (Å²) < 4.78 is 11.0. The number of carbonyl (C=O) groups excluding carboxylic acids is 1. The van der Waals surface area contributed by atoms with E-state index < -0.39 is 0 Å². The third-order valence-corrected chi connectivity index (χ3v) is 3.52. The predicted octanol–water partition coefficient (Wildman–Crippen LogP) is 2.66. The lowest BCUT2D eigenvalue weighted by Gasteiger charge is -2.23. The minimum atomic E-state index is -0.219. The Morgan fingerprint density at radius 3 is 2.63 bits per heavy atom. The van der Waals surface area contributed by atoms with E-state index in [4.69, 9.17) is 9.47 Å². The SMILES string of the molecule is CCCNC(CCOC1CCCCC1)C(=O)OCC. The molecule has 1 N–H and O–H groups in total. The summed E-state index contributed by atoms with van der Waals surface area (Å²) in [6.45, 7) is 5.85. The van der Waals surface area contributed by atoms with Gasteiger partial charge < -0.3 is 14.8 Å². The van der Waals surface area contributed by atoms with Gasteiger partial charge in [-0.25, -0.2) is 0 Å². The summed E-state index contributed by atoms with van der Waals surface area (Å²) in [5.41, 5.74) is 0. The molecule has 4 heteroatoms. The zero-order chi connectivity index (χ0) is 13.9. The van der Waals surface area contributed by atoms with Gasteiger partial charge >= 0.3 is 5.97 Å². The van der Waals surface area contributed by atoms with E-state index in [9.17, 15) is 4.79 Å². The average molecular weight is 271 g/mol. The number of rotatable bonds is 9. The fourth-order valence-electron chi connectivity index (χ4n) is 2.45. The maximum atomic E-state index is 11.8. The summed E-state index contributed by atoms with van der Waals surface area (Å²) in [6.07, 6.45) is 8.36. The minimum Gasteiger partial charge on any atom is -0.465 e. The first-order chi connectivity index (χ1) is 9.27. The summed E-state index contributed by atoms with van der Waals surface area (Å²) >= 11 is 0. The first kappa shape index (κ1) is 16.4. The van der Waals surface area contributed by atoms with E-state index in [0.29, 0.717) is 25.7 Å². The Hall–Kier alpha value is -0.610. The molecule has 0 bridgehead atoms. The number of carbonyl (C=O) groups is 1. The number of ether oxygens (including phenoxy) is 2. The van der Waals surface area contributed by atoms with Crippen molar-refractivity contribution in [2.75, 3.05) is 19.8 Å². The molecule has 1 rings (SSSR count). The Morgan fingerprint density at radius 1 is 1.26 bits per heavy atom. The van der Waals surface area contributed by atoms with Crippen LogP contribution in [0.3, 0.4) is 0 Å². The summed E-state index contributed by atoms with van der Waals surface area (Å²) in [7, 11) is 0. The highest BCUT2D eigenvalue weighted by atomic mass is 16.5. The zero-order valence-electron chi connectivity index (χ0n) is 12.5. The second-order valence-electron chi connectivity index (χ2n) is 5.18. The van der Waals surface area contributed by atoms with Crippen LogP contribution in [0.1, 0.15) is 58.8 Å². The van der Waals surface area contributed by atoms with Crippen LogP contribution in [-0.2, 0) is 14.3 Å². The Kier molecular flexibility index (Phi) is 8.84. The van der Waals surface area contributed by atoms with Gasteiger partial charge in [0.2, 0.25) is 0 Å². The molecule has 0 heterocycles. The van der Waals surface area contributed by atoms with Gasteiger partial charge in [-0.1, -0.05) is 26.2 Å². The quantitative estimate of drug-likeness (QED) is 0.655. The van der Waals surface area contributed by atoms with Gasteiger partial charge in [0.1, 0.15) is 6.04 Å². The van der Waals surface area contributed by atoms with Crippen molar-refractivity contribution in [1.82, 2.24) is 5.32 Å². The fourth-order valence-corrected chi connectivity index (χ4v) is 2.45. The summed E-state index contributed by atoms with van der Waals surface area (Å²) in [4.78, 5) is 11.8. The molecular formula is C15H29NO3. The second kappa shape index (κ2) is 10.2. The standard InChI is InChI=1S/C15H29NO3/c1-3-11-16-14(15(17)18-4-2)10-12-19-13-8-6-5-7-9-13/h13-14,16H,3-12H2,1-2H3. The van der Waals surface area contributed by atoms with Gasteiger partial charge in [-0.05, 0) is 39.2 Å². The van der Waals surface area contributed by atoms with Gasteiger partial charge in [0.05, 0.1) is 12.7 Å². The van der Waals surface area contributed by atoms with E-state index in [1.54, 1.807) is 0 Å². The van der Waals surface area contributed by atoms with E-state index in [0.717, 1.165) is 13.0 Å². The third-order valence-electron chi connectivity index (χ3n) is 3.52. The van der Waals surface area contributed by atoms with E-state index in [2.05, 4.69) is 12.2 Å². The predicted molar refractivity (Wildman–Crippen MR) is 76.2 cm³/mol. The van der Waals surface area contributed by atoms with Gasteiger partial charge in [0, 0.05) is 6.61 Å². The molecule has 0 saturated heterocycles. The fraction of sp³-hybridized carbons (Fsp3) is 0.933. The Bertz CT molecular complexity index is 240. The van der Waals surface area contributed by atoms with Crippen LogP contribution in [0.2, 0.25) is 0 Å². The molecule has 19 heavy (non-hydrogen) atoms. The van der Waals surface area contributed by atoms with Crippen LogP contribution in [0, 0.1) is 0 Å². The zero-order valence-corrected chi connectivity index (χ0v) is 12.5. The van der Waals surface area contributed by atoms with E-state index >= 15 is 0 Å². The maximum Gasteiger partial charge on any atom is 0.323 e. The Balaban J connectivity index is 2.24. The molecule has 0 aromatic carbocycles. The molecule has 0 aromatic heterocycles. The first-order valence-corrected chi connectivity index (χ1v) is 7.79. The maximum absolute atomic E-state index is 11.8. The van der Waals surface area contributed by atoms with Crippen molar-refractivity contribution < 1.29 is 14.3 Å². The van der Waals surface area contributed by atoms with Crippen molar-refractivity contribution in [2.24, 2.45) is 0 Å². The number of hydrogen-bond donors (Lipinski definition) is 1. The van der Waals surface area contributed by atoms with Crippen LogP contribution in [-0.4, -0.2) is 37.9 Å². The van der Waals surface area contributed by atoms with Crippen molar-refractivity contribution in [3.8, 4) is 0 Å². The first-order valence-electron chi connectivity index (χ1n) is 7.79. The van der Waals surface area contributed by atoms with Crippen LogP contribution >= 0.6 is 0 Å². The van der Waals surface area contributed by atoms with Gasteiger partial charge in [0.25, 0.3) is 0 Å². The number of esters is 1. The molecule has 0 aliphatic heterocycles. The molecule has 1 atom stereocenters. The van der Waals surface area contributed by atoms with E-state index in [1.165, 1.54) is 32.1 Å². The molecule has 1 aliphatic rings. The molecule has 1 aliphatic carbocycles. The highest BCUT2D eigenvalue weighted by Gasteiger charge is 2.20. The van der Waals surface area contributed by atoms with Crippen LogP contribution in [0.5, 0.6) is 0 Å². The summed E-state index contributed by atoms with van der Waals surface area (Å²) in [6, 6.07) is -0.219. The van der Waals surface area contributed by atoms with Gasteiger partial charge in [-0.2, -0.15) is 0 Å². The highest BCUT2D eigenvalue weighted by Crippen LogP contribution is 2.20.